The van der Waals surface area contributed by atoms with E-state index in [1.807, 2.05) is 40.4 Å². The summed E-state index contributed by atoms with van der Waals surface area (Å²) in [5, 5.41) is 3.88. The van der Waals surface area contributed by atoms with Crippen molar-refractivity contribution in [3.63, 3.8) is 0 Å². The fourth-order valence-corrected chi connectivity index (χ4v) is 5.56. The highest BCUT2D eigenvalue weighted by Gasteiger charge is 2.37. The second-order valence-corrected chi connectivity index (χ2v) is 16.0. The molecule has 0 fully saturated rings. The number of anilines is 1. The predicted octanol–water partition coefficient (Wildman–Crippen LogP) is 6.85. The summed E-state index contributed by atoms with van der Waals surface area (Å²) in [6.07, 6.45) is 4.98. The minimum atomic E-state index is -2.00. The van der Waals surface area contributed by atoms with E-state index in [1.54, 1.807) is 22.4 Å². The minimum Gasteiger partial charge on any atom is -0.415 e. The Bertz CT molecular complexity index is 1330. The Labute approximate surface area is 219 Å². The topological polar surface area (TPSA) is 73.1 Å². The second kappa shape index (κ2) is 9.98. The van der Waals surface area contributed by atoms with Crippen LogP contribution in [0.1, 0.15) is 31.1 Å². The number of hydrogen-bond donors (Lipinski definition) is 0. The van der Waals surface area contributed by atoms with E-state index in [0.29, 0.717) is 18.8 Å². The molecular formula is C24H27Cl2N5O2SSi. The van der Waals surface area contributed by atoms with Gasteiger partial charge < -0.3 is 9.33 Å². The van der Waals surface area contributed by atoms with E-state index in [2.05, 4.69) is 48.8 Å². The van der Waals surface area contributed by atoms with Gasteiger partial charge in [0.25, 0.3) is 5.91 Å². The lowest BCUT2D eigenvalue weighted by Gasteiger charge is -2.37. The van der Waals surface area contributed by atoms with Gasteiger partial charge in [-0.3, -0.25) is 9.36 Å². The molecule has 0 N–H and O–H groups in total. The Morgan fingerprint density at radius 1 is 1.14 bits per heavy atom. The number of thiazole rings is 1. The Morgan fingerprint density at radius 2 is 1.86 bits per heavy atom. The Morgan fingerprint density at radius 3 is 2.49 bits per heavy atom. The largest absolute Gasteiger partial charge is 0.415 e. The molecule has 1 amide bonds. The van der Waals surface area contributed by atoms with Gasteiger partial charge in [0.1, 0.15) is 22.2 Å². The molecule has 11 heteroatoms. The Kier molecular flexibility index (Phi) is 7.35. The number of halogens is 2. The van der Waals surface area contributed by atoms with Gasteiger partial charge in [0.05, 0.1) is 12.1 Å². The molecule has 0 aliphatic rings. The molecule has 0 bridgehead atoms. The normalized spacial score (nSPS) is 12.3. The number of carbonyl (C=O) groups is 1. The van der Waals surface area contributed by atoms with Crippen LogP contribution < -0.4 is 4.90 Å². The second-order valence-electron chi connectivity index (χ2n) is 9.64. The van der Waals surface area contributed by atoms with Crippen LogP contribution in [0, 0.1) is 0 Å². The van der Waals surface area contributed by atoms with E-state index in [0.717, 1.165) is 16.0 Å². The van der Waals surface area contributed by atoms with Crippen molar-refractivity contribution in [3.8, 4) is 5.13 Å². The molecule has 184 valence electrons. The number of rotatable bonds is 7. The summed E-state index contributed by atoms with van der Waals surface area (Å²) in [6, 6.07) is 7.85. The summed E-state index contributed by atoms with van der Waals surface area (Å²) in [5.74, 6) is -0.377. The predicted molar refractivity (Wildman–Crippen MR) is 146 cm³/mol. The lowest BCUT2D eigenvalue weighted by atomic mass is 10.2. The van der Waals surface area contributed by atoms with Gasteiger partial charge in [0, 0.05) is 35.4 Å². The van der Waals surface area contributed by atoms with Crippen molar-refractivity contribution in [2.24, 2.45) is 0 Å². The van der Waals surface area contributed by atoms with E-state index in [4.69, 9.17) is 27.6 Å². The summed E-state index contributed by atoms with van der Waals surface area (Å²) in [6.45, 7) is 11.6. The molecule has 0 radical (unpaired) electrons. The highest BCUT2D eigenvalue weighted by Crippen LogP contribution is 2.36. The zero-order chi connectivity index (χ0) is 25.4. The zero-order valence-corrected chi connectivity index (χ0v) is 23.6. The van der Waals surface area contributed by atoms with E-state index in [9.17, 15) is 4.79 Å². The quantitative estimate of drug-likeness (QED) is 0.187. The molecule has 0 saturated heterocycles. The maximum absolute atomic E-state index is 13.7. The van der Waals surface area contributed by atoms with Crippen molar-refractivity contribution >= 4 is 65.4 Å². The summed E-state index contributed by atoms with van der Waals surface area (Å²) in [7, 11) is -2.00. The average Bonchev–Trinajstić information content (AvgIpc) is 3.45. The summed E-state index contributed by atoms with van der Waals surface area (Å²) < 4.78 is 8.39. The van der Waals surface area contributed by atoms with Gasteiger partial charge in [0.2, 0.25) is 0 Å². The molecule has 4 rings (SSSR count). The fraction of sp³-hybridized carbons (Fsp3) is 0.333. The molecule has 4 aromatic rings. The van der Waals surface area contributed by atoms with Crippen LogP contribution in [0.4, 0.5) is 5.69 Å². The number of carbonyl (C=O) groups excluding carboxylic acids is 1. The average molecular weight is 549 g/mol. The van der Waals surface area contributed by atoms with E-state index in [-0.39, 0.29) is 26.8 Å². The molecule has 0 spiro atoms. The summed E-state index contributed by atoms with van der Waals surface area (Å²) in [4.78, 5) is 27.6. The molecule has 1 aromatic carbocycles. The number of aromatic nitrogens is 4. The zero-order valence-electron chi connectivity index (χ0n) is 20.2. The fourth-order valence-electron chi connectivity index (χ4n) is 3.41. The van der Waals surface area contributed by atoms with Gasteiger partial charge in [0.15, 0.2) is 13.4 Å². The lowest BCUT2D eigenvalue weighted by Crippen LogP contribution is -2.43. The number of amides is 1. The molecule has 0 aliphatic heterocycles. The van der Waals surface area contributed by atoms with Crippen LogP contribution in [0.3, 0.4) is 0 Å². The molecule has 0 atom stereocenters. The number of hydrogen-bond acceptors (Lipinski definition) is 6. The van der Waals surface area contributed by atoms with Gasteiger partial charge in [-0.15, -0.1) is 11.3 Å². The first-order valence-corrected chi connectivity index (χ1v) is 15.7. The molecule has 35 heavy (non-hydrogen) atoms. The van der Waals surface area contributed by atoms with Crippen molar-refractivity contribution in [2.45, 2.75) is 38.9 Å². The standard InChI is InChI=1S/C24H27Cl2N5O2SSi/c1-24(2,3)35(4,5)33-12-11-30(22(32)19-20(25)28-15-29-21(19)26)17-6-7-18-16(14-17)8-10-31(18)23-27-9-13-34-23/h6-10,13-15H,11-12H2,1-5H3. The Hall–Kier alpha value is -2.30. The van der Waals surface area contributed by atoms with Crippen LogP contribution in [0.25, 0.3) is 16.0 Å². The van der Waals surface area contributed by atoms with Crippen molar-refractivity contribution < 1.29 is 9.22 Å². The maximum atomic E-state index is 13.7. The monoisotopic (exact) mass is 547 g/mol. The van der Waals surface area contributed by atoms with Crippen molar-refractivity contribution in [3.05, 3.63) is 64.2 Å². The van der Waals surface area contributed by atoms with Crippen molar-refractivity contribution in [2.75, 3.05) is 18.1 Å². The first-order chi connectivity index (χ1) is 16.5. The highest BCUT2D eigenvalue weighted by molar-refractivity contribution is 7.12. The SMILES string of the molecule is CC(C)(C)[Si](C)(C)OCCN(C(=O)c1c(Cl)ncnc1Cl)c1ccc2c(ccn2-c2nccs2)c1. The van der Waals surface area contributed by atoms with Crippen LogP contribution in [0.15, 0.2) is 48.4 Å². The van der Waals surface area contributed by atoms with Crippen LogP contribution in [0.5, 0.6) is 0 Å². The molecular weight excluding hydrogens is 521 g/mol. The summed E-state index contributed by atoms with van der Waals surface area (Å²) in [5.41, 5.74) is 1.77. The van der Waals surface area contributed by atoms with Gasteiger partial charge in [-0.05, 0) is 42.4 Å². The molecule has 0 saturated carbocycles. The van der Waals surface area contributed by atoms with Gasteiger partial charge >= 0.3 is 0 Å². The molecule has 0 unspecified atom stereocenters. The van der Waals surface area contributed by atoms with Crippen LogP contribution >= 0.6 is 34.5 Å². The minimum absolute atomic E-state index is 0.0151. The van der Waals surface area contributed by atoms with E-state index < -0.39 is 8.32 Å². The van der Waals surface area contributed by atoms with Crippen LogP contribution in [-0.2, 0) is 4.43 Å². The first-order valence-electron chi connectivity index (χ1n) is 11.1. The lowest BCUT2D eigenvalue weighted by molar-refractivity contribution is 0.0981. The highest BCUT2D eigenvalue weighted by atomic mass is 35.5. The van der Waals surface area contributed by atoms with Crippen LogP contribution in [-0.4, -0.2) is 46.9 Å². The van der Waals surface area contributed by atoms with Gasteiger partial charge in [-0.25, -0.2) is 15.0 Å². The number of benzene rings is 1. The maximum Gasteiger partial charge on any atom is 0.264 e. The third-order valence-corrected chi connectivity index (χ3v) is 12.3. The van der Waals surface area contributed by atoms with Crippen molar-refractivity contribution in [1.82, 2.24) is 19.5 Å². The smallest absolute Gasteiger partial charge is 0.264 e. The molecule has 3 heterocycles. The molecule has 0 aliphatic carbocycles. The first kappa shape index (κ1) is 25.8. The van der Waals surface area contributed by atoms with Gasteiger partial charge in [-0.1, -0.05) is 44.0 Å². The number of nitrogens with zero attached hydrogens (tertiary/aromatic N) is 5. The third kappa shape index (κ3) is 5.29. The van der Waals surface area contributed by atoms with Gasteiger partial charge in [-0.2, -0.15) is 0 Å². The van der Waals surface area contributed by atoms with Crippen LogP contribution in [0.2, 0.25) is 28.4 Å². The molecule has 7 nitrogen and oxygen atoms in total. The van der Waals surface area contributed by atoms with Crippen molar-refractivity contribution in [1.29, 1.82) is 0 Å². The van der Waals surface area contributed by atoms with E-state index >= 15 is 0 Å². The Balaban J connectivity index is 1.69. The van der Waals surface area contributed by atoms with E-state index in [1.165, 1.54) is 6.33 Å². The third-order valence-electron chi connectivity index (χ3n) is 6.41. The number of fused-ring (bicyclic) bond motifs is 1. The summed E-state index contributed by atoms with van der Waals surface area (Å²) >= 11 is 14.1. The molecule has 3 aromatic heterocycles.